The Kier molecular flexibility index (Phi) is 5.98. The molecule has 0 aliphatic carbocycles. The Morgan fingerprint density at radius 1 is 1.09 bits per heavy atom. The van der Waals surface area contributed by atoms with Gasteiger partial charge in [-0.15, -0.1) is 0 Å². The van der Waals surface area contributed by atoms with Crippen molar-refractivity contribution in [2.24, 2.45) is 0 Å². The molecule has 0 unspecified atom stereocenters. The van der Waals surface area contributed by atoms with Crippen molar-refractivity contribution in [3.05, 3.63) is 88.5 Å². The lowest BCUT2D eigenvalue weighted by molar-refractivity contribution is 0.0947. The molecule has 7 nitrogen and oxygen atoms in total. The van der Waals surface area contributed by atoms with E-state index >= 15 is 0 Å². The number of hydrogen-bond donors (Lipinski definition) is 1. The Hall–Kier alpha value is -4.01. The molecule has 1 amide bonds. The van der Waals surface area contributed by atoms with Crippen molar-refractivity contribution in [2.45, 2.75) is 13.5 Å². The van der Waals surface area contributed by atoms with Gasteiger partial charge in [-0.05, 0) is 55.5 Å². The van der Waals surface area contributed by atoms with E-state index in [1.54, 1.807) is 18.5 Å². The molecule has 0 aliphatic heterocycles. The fourth-order valence-electron chi connectivity index (χ4n) is 3.29. The van der Waals surface area contributed by atoms with E-state index in [9.17, 15) is 18.4 Å². The van der Waals surface area contributed by atoms with E-state index < -0.39 is 17.5 Å². The van der Waals surface area contributed by atoms with E-state index in [1.807, 2.05) is 31.2 Å². The first-order valence-corrected chi connectivity index (χ1v) is 10.0. The lowest BCUT2D eigenvalue weighted by Crippen LogP contribution is -2.31. The van der Waals surface area contributed by atoms with Crippen molar-refractivity contribution in [2.75, 3.05) is 13.2 Å². The monoisotopic (exact) mass is 438 g/mol. The highest BCUT2D eigenvalue weighted by molar-refractivity contribution is 5.94. The molecule has 9 heteroatoms. The maximum atomic E-state index is 13.7. The first kappa shape index (κ1) is 21.2. The van der Waals surface area contributed by atoms with Gasteiger partial charge in [-0.3, -0.25) is 9.59 Å². The number of nitrogens with one attached hydrogen (secondary N) is 1. The second-order valence-electron chi connectivity index (χ2n) is 6.99. The van der Waals surface area contributed by atoms with Gasteiger partial charge in [0, 0.05) is 31.0 Å². The van der Waals surface area contributed by atoms with Gasteiger partial charge in [0.1, 0.15) is 22.9 Å². The molecule has 0 aliphatic rings. The van der Waals surface area contributed by atoms with Gasteiger partial charge in [-0.25, -0.2) is 13.3 Å². The zero-order valence-electron chi connectivity index (χ0n) is 17.2. The van der Waals surface area contributed by atoms with Crippen LogP contribution in [0.5, 0.6) is 5.75 Å². The molecular formula is C23H20F2N4O3. The Morgan fingerprint density at radius 2 is 1.88 bits per heavy atom. The van der Waals surface area contributed by atoms with E-state index in [1.165, 1.54) is 9.08 Å². The summed E-state index contributed by atoms with van der Waals surface area (Å²) in [7, 11) is 0. The summed E-state index contributed by atoms with van der Waals surface area (Å²) in [6.45, 7) is 2.70. The third-order valence-corrected chi connectivity index (χ3v) is 4.88. The minimum Gasteiger partial charge on any atom is -0.494 e. The average Bonchev–Trinajstić information content (AvgIpc) is 3.23. The third kappa shape index (κ3) is 4.36. The zero-order chi connectivity index (χ0) is 22.7. The molecule has 2 aromatic heterocycles. The predicted octanol–water partition coefficient (Wildman–Crippen LogP) is 3.27. The Bertz CT molecular complexity index is 1330. The summed E-state index contributed by atoms with van der Waals surface area (Å²) in [5, 5.41) is 6.94. The first-order valence-electron chi connectivity index (χ1n) is 10.0. The van der Waals surface area contributed by atoms with Crippen LogP contribution in [0.2, 0.25) is 0 Å². The molecule has 0 saturated heterocycles. The van der Waals surface area contributed by atoms with Crippen LogP contribution in [-0.2, 0) is 6.54 Å². The van der Waals surface area contributed by atoms with Gasteiger partial charge >= 0.3 is 0 Å². The molecule has 0 bridgehead atoms. The lowest BCUT2D eigenvalue weighted by Gasteiger charge is -2.08. The van der Waals surface area contributed by atoms with Gasteiger partial charge in [0.2, 0.25) is 0 Å². The molecule has 2 heterocycles. The van der Waals surface area contributed by atoms with Crippen LogP contribution in [0.15, 0.2) is 65.7 Å². The number of carbonyl (C=O) groups is 1. The smallest absolute Gasteiger partial charge is 0.276 e. The average molecular weight is 438 g/mol. The molecule has 2 aromatic carbocycles. The summed E-state index contributed by atoms with van der Waals surface area (Å²) < 4.78 is 35.3. The lowest BCUT2D eigenvalue weighted by atomic mass is 10.1. The Labute approximate surface area is 181 Å². The van der Waals surface area contributed by atoms with E-state index in [0.717, 1.165) is 29.5 Å². The highest BCUT2D eigenvalue weighted by Gasteiger charge is 2.13. The third-order valence-electron chi connectivity index (χ3n) is 4.88. The molecule has 0 saturated carbocycles. The van der Waals surface area contributed by atoms with Gasteiger partial charge in [-0.2, -0.15) is 5.10 Å². The largest absolute Gasteiger partial charge is 0.494 e. The number of benzene rings is 2. The number of ether oxygens (including phenoxy) is 1. The number of halogens is 2. The van der Waals surface area contributed by atoms with Gasteiger partial charge in [0.25, 0.3) is 11.5 Å². The van der Waals surface area contributed by atoms with Crippen molar-refractivity contribution in [3.8, 4) is 17.0 Å². The normalized spacial score (nSPS) is 11.0. The number of nitrogens with zero attached hydrogens (tertiary/aromatic N) is 3. The number of amides is 1. The van der Waals surface area contributed by atoms with Crippen molar-refractivity contribution >= 4 is 11.4 Å². The predicted molar refractivity (Wildman–Crippen MR) is 115 cm³/mol. The molecule has 0 fully saturated rings. The van der Waals surface area contributed by atoms with Crippen LogP contribution in [0, 0.1) is 11.6 Å². The summed E-state index contributed by atoms with van der Waals surface area (Å²) in [5.74, 6) is -1.52. The standard InChI is InChI=1S/C23H20F2N4O3/c1-2-32-17-6-3-15(4-7-17)20-14-21-23(31)28(11-12-29(21)27-20)10-9-26-22(30)18-13-16(24)5-8-19(18)25/h3-8,11-14H,2,9-10H2,1H3,(H,26,30). The van der Waals surface area contributed by atoms with Crippen LogP contribution >= 0.6 is 0 Å². The van der Waals surface area contributed by atoms with Crippen molar-refractivity contribution in [1.82, 2.24) is 19.5 Å². The molecule has 0 radical (unpaired) electrons. The molecule has 164 valence electrons. The van der Waals surface area contributed by atoms with E-state index in [2.05, 4.69) is 10.4 Å². The highest BCUT2D eigenvalue weighted by Crippen LogP contribution is 2.21. The zero-order valence-corrected chi connectivity index (χ0v) is 17.2. The Morgan fingerprint density at radius 3 is 2.62 bits per heavy atom. The molecule has 4 aromatic rings. The molecule has 32 heavy (non-hydrogen) atoms. The molecule has 0 atom stereocenters. The Balaban J connectivity index is 1.48. The van der Waals surface area contributed by atoms with Gasteiger partial charge in [0.05, 0.1) is 17.9 Å². The highest BCUT2D eigenvalue weighted by atomic mass is 19.1. The van der Waals surface area contributed by atoms with Crippen LogP contribution in [0.25, 0.3) is 16.8 Å². The fourth-order valence-corrected chi connectivity index (χ4v) is 3.29. The van der Waals surface area contributed by atoms with Crippen LogP contribution in [0.4, 0.5) is 8.78 Å². The number of carbonyl (C=O) groups excluding carboxylic acids is 1. The van der Waals surface area contributed by atoms with E-state index in [4.69, 9.17) is 4.74 Å². The summed E-state index contributed by atoms with van der Waals surface area (Å²) in [6.07, 6.45) is 3.20. The SMILES string of the molecule is CCOc1ccc(-c2cc3c(=O)n(CCNC(=O)c4cc(F)ccc4F)ccn3n2)cc1. The molecule has 0 spiro atoms. The van der Waals surface area contributed by atoms with E-state index in [-0.39, 0.29) is 24.2 Å². The van der Waals surface area contributed by atoms with Gasteiger partial charge in [-0.1, -0.05) is 0 Å². The van der Waals surface area contributed by atoms with Crippen molar-refractivity contribution < 1.29 is 18.3 Å². The van der Waals surface area contributed by atoms with Crippen LogP contribution in [0.3, 0.4) is 0 Å². The van der Waals surface area contributed by atoms with Crippen LogP contribution in [0.1, 0.15) is 17.3 Å². The quantitative estimate of drug-likeness (QED) is 0.481. The number of hydrogen-bond acceptors (Lipinski definition) is 4. The second kappa shape index (κ2) is 9.01. The maximum absolute atomic E-state index is 13.7. The topological polar surface area (TPSA) is 77.6 Å². The van der Waals surface area contributed by atoms with Gasteiger partial charge in [0.15, 0.2) is 0 Å². The number of rotatable bonds is 7. The number of fused-ring (bicyclic) bond motifs is 1. The van der Waals surface area contributed by atoms with Crippen molar-refractivity contribution in [3.63, 3.8) is 0 Å². The summed E-state index contributed by atoms with van der Waals surface area (Å²) >= 11 is 0. The number of aromatic nitrogens is 3. The van der Waals surface area contributed by atoms with Crippen LogP contribution < -0.4 is 15.6 Å². The van der Waals surface area contributed by atoms with Gasteiger partial charge < -0.3 is 14.6 Å². The first-order chi connectivity index (χ1) is 15.5. The summed E-state index contributed by atoms with van der Waals surface area (Å²) in [5.41, 5.74) is 1.18. The summed E-state index contributed by atoms with van der Waals surface area (Å²) in [6, 6.07) is 11.8. The fraction of sp³-hybridized carbons (Fsp3) is 0.174. The van der Waals surface area contributed by atoms with E-state index in [0.29, 0.717) is 17.8 Å². The molecular weight excluding hydrogens is 418 g/mol. The molecule has 4 rings (SSSR count). The van der Waals surface area contributed by atoms with Crippen molar-refractivity contribution in [1.29, 1.82) is 0 Å². The summed E-state index contributed by atoms with van der Waals surface area (Å²) in [4.78, 5) is 24.9. The minimum atomic E-state index is -0.816. The molecule has 1 N–H and O–H groups in total. The minimum absolute atomic E-state index is 0.0603. The maximum Gasteiger partial charge on any atom is 0.276 e. The van der Waals surface area contributed by atoms with Crippen LogP contribution in [-0.4, -0.2) is 33.2 Å². The second-order valence-corrected chi connectivity index (χ2v) is 6.99.